The number of ether oxygens (including phenoxy) is 1. The summed E-state index contributed by atoms with van der Waals surface area (Å²) in [6.07, 6.45) is 0. The van der Waals surface area contributed by atoms with E-state index in [1.54, 1.807) is 15.9 Å². The number of hydrogen-bond donors (Lipinski definition) is 0. The molecule has 29 heavy (non-hydrogen) atoms. The monoisotopic (exact) mass is 402 g/mol. The Bertz CT molecular complexity index is 861. The Morgan fingerprint density at radius 2 is 1.41 bits per heavy atom. The van der Waals surface area contributed by atoms with Crippen molar-refractivity contribution in [3.8, 4) is 5.75 Å². The Morgan fingerprint density at radius 3 is 1.97 bits per heavy atom. The summed E-state index contributed by atoms with van der Waals surface area (Å²) in [6, 6.07) is 13.5. The number of rotatable bonds is 5. The first-order chi connectivity index (χ1) is 13.9. The smallest absolute Gasteiger partial charge is 0.387 e. The maximum Gasteiger partial charge on any atom is 0.387 e. The molecule has 0 spiro atoms. The molecule has 2 aromatic carbocycles. The first kappa shape index (κ1) is 20.8. The van der Waals surface area contributed by atoms with Crippen molar-refractivity contribution in [2.24, 2.45) is 0 Å². The second-order valence-corrected chi connectivity index (χ2v) is 7.24. The van der Waals surface area contributed by atoms with E-state index in [1.165, 1.54) is 23.8 Å². The number of hydrogen-bond acceptors (Lipinski definition) is 3. The first-order valence-electron chi connectivity index (χ1n) is 9.59. The van der Waals surface area contributed by atoms with Crippen LogP contribution in [0.5, 0.6) is 5.75 Å². The van der Waals surface area contributed by atoms with Crippen molar-refractivity contribution in [3.63, 3.8) is 0 Å². The van der Waals surface area contributed by atoms with Gasteiger partial charge in [-0.2, -0.15) is 8.78 Å². The second kappa shape index (κ2) is 9.03. The van der Waals surface area contributed by atoms with Gasteiger partial charge in [0, 0.05) is 31.7 Å². The number of amides is 2. The van der Waals surface area contributed by atoms with Gasteiger partial charge in [0.1, 0.15) is 5.75 Å². The van der Waals surface area contributed by atoms with Crippen molar-refractivity contribution < 1.29 is 23.1 Å². The number of halogens is 2. The molecule has 0 bridgehead atoms. The van der Waals surface area contributed by atoms with Crippen LogP contribution >= 0.6 is 0 Å². The predicted molar refractivity (Wildman–Crippen MR) is 105 cm³/mol. The zero-order valence-electron chi connectivity index (χ0n) is 16.5. The number of nitrogens with zero attached hydrogens (tertiary/aromatic N) is 2. The van der Waals surface area contributed by atoms with E-state index in [1.807, 2.05) is 24.3 Å². The van der Waals surface area contributed by atoms with Gasteiger partial charge in [0.15, 0.2) is 0 Å². The van der Waals surface area contributed by atoms with E-state index in [2.05, 4.69) is 18.6 Å². The Kier molecular flexibility index (Phi) is 6.46. The molecule has 1 heterocycles. The molecule has 0 radical (unpaired) electrons. The van der Waals surface area contributed by atoms with Gasteiger partial charge in [-0.3, -0.25) is 9.59 Å². The average Bonchev–Trinajstić information content (AvgIpc) is 2.73. The van der Waals surface area contributed by atoms with Crippen molar-refractivity contribution in [2.75, 3.05) is 26.2 Å². The molecule has 1 fully saturated rings. The standard InChI is InChI=1S/C22H24F2N2O3/c1-15(2)16-7-9-17(10-8-16)20(27)25-11-13-26(14-12-25)21(28)18-5-3-4-6-19(18)29-22(23)24/h3-10,15,22H,11-14H2,1-2H3. The molecule has 0 atom stereocenters. The van der Waals surface area contributed by atoms with Crippen LogP contribution in [-0.4, -0.2) is 54.4 Å². The van der Waals surface area contributed by atoms with E-state index < -0.39 is 6.61 Å². The van der Waals surface area contributed by atoms with Gasteiger partial charge in [-0.1, -0.05) is 38.1 Å². The summed E-state index contributed by atoms with van der Waals surface area (Å²) in [5.41, 5.74) is 1.88. The molecule has 0 aliphatic carbocycles. The molecular weight excluding hydrogens is 378 g/mol. The van der Waals surface area contributed by atoms with E-state index in [9.17, 15) is 18.4 Å². The minimum atomic E-state index is -3.00. The van der Waals surface area contributed by atoms with Gasteiger partial charge in [0.05, 0.1) is 5.56 Å². The lowest BCUT2D eigenvalue weighted by Gasteiger charge is -2.35. The third-order valence-corrected chi connectivity index (χ3v) is 5.01. The number of carbonyl (C=O) groups excluding carboxylic acids is 2. The predicted octanol–water partition coefficient (Wildman–Crippen LogP) is 4.01. The van der Waals surface area contributed by atoms with E-state index >= 15 is 0 Å². The molecule has 7 heteroatoms. The SMILES string of the molecule is CC(C)c1ccc(C(=O)N2CCN(C(=O)c3ccccc3OC(F)F)CC2)cc1. The molecule has 0 N–H and O–H groups in total. The van der Waals surface area contributed by atoms with Crippen LogP contribution in [0, 0.1) is 0 Å². The average molecular weight is 402 g/mol. The molecule has 0 aromatic heterocycles. The van der Waals surface area contributed by atoms with Gasteiger partial charge in [0.2, 0.25) is 0 Å². The number of carbonyl (C=O) groups is 2. The molecule has 0 unspecified atom stereocenters. The van der Waals surface area contributed by atoms with Gasteiger partial charge >= 0.3 is 6.61 Å². The minimum Gasteiger partial charge on any atom is -0.434 e. The van der Waals surface area contributed by atoms with Crippen LogP contribution in [0.15, 0.2) is 48.5 Å². The van der Waals surface area contributed by atoms with Crippen molar-refractivity contribution in [2.45, 2.75) is 26.4 Å². The maximum atomic E-state index is 12.7. The van der Waals surface area contributed by atoms with Crippen LogP contribution in [0.3, 0.4) is 0 Å². The number of benzene rings is 2. The summed E-state index contributed by atoms with van der Waals surface area (Å²) in [5.74, 6) is -0.203. The molecule has 0 saturated carbocycles. The lowest BCUT2D eigenvalue weighted by atomic mass is 10.0. The molecule has 5 nitrogen and oxygen atoms in total. The molecule has 3 rings (SSSR count). The summed E-state index contributed by atoms with van der Waals surface area (Å²) in [4.78, 5) is 28.7. The Hall–Kier alpha value is -2.96. The van der Waals surface area contributed by atoms with Crippen LogP contribution in [0.2, 0.25) is 0 Å². The normalized spacial score (nSPS) is 14.4. The largest absolute Gasteiger partial charge is 0.434 e. The van der Waals surface area contributed by atoms with Crippen LogP contribution < -0.4 is 4.74 Å². The van der Waals surface area contributed by atoms with E-state index in [0.717, 1.165) is 0 Å². The van der Waals surface area contributed by atoms with Crippen LogP contribution in [-0.2, 0) is 0 Å². The molecule has 2 amide bonds. The molecular formula is C22H24F2N2O3. The van der Waals surface area contributed by atoms with Gasteiger partial charge in [-0.05, 0) is 35.7 Å². The Balaban J connectivity index is 1.63. The Labute approximate surface area is 168 Å². The van der Waals surface area contributed by atoms with E-state index in [-0.39, 0.29) is 23.1 Å². The number of para-hydroxylation sites is 1. The molecule has 154 valence electrons. The fourth-order valence-corrected chi connectivity index (χ4v) is 3.32. The van der Waals surface area contributed by atoms with Gasteiger partial charge in [0.25, 0.3) is 11.8 Å². The number of piperazine rings is 1. The molecule has 1 aliphatic rings. The Morgan fingerprint density at radius 1 is 0.862 bits per heavy atom. The molecule has 1 saturated heterocycles. The summed E-state index contributed by atoms with van der Waals surface area (Å²) in [5, 5.41) is 0. The summed E-state index contributed by atoms with van der Waals surface area (Å²) in [6.45, 7) is 2.62. The highest BCUT2D eigenvalue weighted by atomic mass is 19.3. The molecule has 2 aromatic rings. The van der Waals surface area contributed by atoms with Crippen LogP contribution in [0.25, 0.3) is 0 Å². The quantitative estimate of drug-likeness (QED) is 0.759. The van der Waals surface area contributed by atoms with E-state index in [4.69, 9.17) is 0 Å². The fraction of sp³-hybridized carbons (Fsp3) is 0.364. The zero-order chi connectivity index (χ0) is 21.0. The summed E-state index contributed by atoms with van der Waals surface area (Å²) < 4.78 is 29.6. The first-order valence-corrected chi connectivity index (χ1v) is 9.59. The highest BCUT2D eigenvalue weighted by Gasteiger charge is 2.27. The van der Waals surface area contributed by atoms with Crippen molar-refractivity contribution >= 4 is 11.8 Å². The van der Waals surface area contributed by atoms with Crippen molar-refractivity contribution in [3.05, 3.63) is 65.2 Å². The topological polar surface area (TPSA) is 49.9 Å². The van der Waals surface area contributed by atoms with Crippen molar-refractivity contribution in [1.82, 2.24) is 9.80 Å². The van der Waals surface area contributed by atoms with E-state index in [0.29, 0.717) is 37.7 Å². The third kappa shape index (κ3) is 4.91. The second-order valence-electron chi connectivity index (χ2n) is 7.24. The van der Waals surface area contributed by atoms with Gasteiger partial charge in [-0.15, -0.1) is 0 Å². The highest BCUT2D eigenvalue weighted by Crippen LogP contribution is 2.23. The number of alkyl halides is 2. The summed E-state index contributed by atoms with van der Waals surface area (Å²) in [7, 11) is 0. The molecule has 1 aliphatic heterocycles. The minimum absolute atomic E-state index is 0.0751. The maximum absolute atomic E-state index is 12.7. The third-order valence-electron chi connectivity index (χ3n) is 5.01. The van der Waals surface area contributed by atoms with Gasteiger partial charge in [-0.25, -0.2) is 0 Å². The van der Waals surface area contributed by atoms with Gasteiger partial charge < -0.3 is 14.5 Å². The lowest BCUT2D eigenvalue weighted by Crippen LogP contribution is -2.50. The fourth-order valence-electron chi connectivity index (χ4n) is 3.32. The highest BCUT2D eigenvalue weighted by molar-refractivity contribution is 5.97. The summed E-state index contributed by atoms with van der Waals surface area (Å²) >= 11 is 0. The zero-order valence-corrected chi connectivity index (χ0v) is 16.5. The van der Waals surface area contributed by atoms with Crippen LogP contribution in [0.1, 0.15) is 46.0 Å². The van der Waals surface area contributed by atoms with Crippen LogP contribution in [0.4, 0.5) is 8.78 Å². The van der Waals surface area contributed by atoms with Crippen molar-refractivity contribution in [1.29, 1.82) is 0 Å². The lowest BCUT2D eigenvalue weighted by molar-refractivity contribution is -0.0503.